The molecular formula is C28H26ClN3O3S2. The summed E-state index contributed by atoms with van der Waals surface area (Å²) in [6, 6.07) is 25.3. The Morgan fingerprint density at radius 3 is 2.19 bits per heavy atom. The van der Waals surface area contributed by atoms with Gasteiger partial charge >= 0.3 is 0 Å². The number of halogens is 1. The van der Waals surface area contributed by atoms with Crippen molar-refractivity contribution in [2.75, 3.05) is 10.1 Å². The molecule has 0 radical (unpaired) electrons. The van der Waals surface area contributed by atoms with Crippen LogP contribution in [0.2, 0.25) is 5.02 Å². The van der Waals surface area contributed by atoms with Crippen LogP contribution in [0.25, 0.3) is 5.69 Å². The minimum absolute atomic E-state index is 0.0519. The number of para-hydroxylation sites is 1. The summed E-state index contributed by atoms with van der Waals surface area (Å²) in [7, 11) is -4.24. The molecule has 1 atom stereocenters. The van der Waals surface area contributed by atoms with E-state index in [4.69, 9.17) is 16.6 Å². The second kappa shape index (κ2) is 10.0. The number of ketones is 1. The van der Waals surface area contributed by atoms with Crippen LogP contribution in [0.3, 0.4) is 0 Å². The van der Waals surface area contributed by atoms with Gasteiger partial charge in [0.1, 0.15) is 5.69 Å². The average molecular weight is 552 g/mol. The van der Waals surface area contributed by atoms with Gasteiger partial charge in [-0.25, -0.2) is 17.7 Å². The maximum absolute atomic E-state index is 14.4. The molecule has 0 saturated heterocycles. The number of imidazole rings is 1. The van der Waals surface area contributed by atoms with Crippen LogP contribution in [0.4, 0.5) is 5.82 Å². The van der Waals surface area contributed by atoms with Crippen molar-refractivity contribution in [1.82, 2.24) is 9.55 Å². The Hall–Kier alpha value is -3.07. The molecule has 0 N–H and O–H groups in total. The number of nitrogens with zero attached hydrogens (tertiary/aromatic N) is 3. The molecule has 1 aliphatic rings. The second-order valence-electron chi connectivity index (χ2n) is 8.95. The van der Waals surface area contributed by atoms with Gasteiger partial charge in [-0.05, 0) is 48.7 Å². The molecule has 1 unspecified atom stereocenters. The fourth-order valence-corrected chi connectivity index (χ4v) is 7.38. The summed E-state index contributed by atoms with van der Waals surface area (Å²) < 4.78 is 30.0. The first-order valence-corrected chi connectivity index (χ1v) is 14.8. The number of carbonyl (C=O) groups is 1. The lowest BCUT2D eigenvalue weighted by Gasteiger charge is -2.39. The highest BCUT2D eigenvalue weighted by molar-refractivity contribution is 7.99. The first-order chi connectivity index (χ1) is 17.8. The molecule has 0 amide bonds. The number of thioether (sulfide) groups is 1. The smallest absolute Gasteiger partial charge is 0.254 e. The van der Waals surface area contributed by atoms with E-state index in [1.807, 2.05) is 60.7 Å². The second-order valence-corrected chi connectivity index (χ2v) is 12.7. The van der Waals surface area contributed by atoms with Crippen molar-refractivity contribution in [2.45, 2.75) is 36.7 Å². The summed E-state index contributed by atoms with van der Waals surface area (Å²) in [6.07, 6.45) is 0.902. The number of carbonyl (C=O) groups excluding carboxylic acids is 1. The van der Waals surface area contributed by atoms with Gasteiger partial charge in [-0.2, -0.15) is 0 Å². The zero-order chi connectivity index (χ0) is 26.2. The normalized spacial score (nSPS) is 18.6. The third-order valence-corrected chi connectivity index (χ3v) is 10.3. The largest absolute Gasteiger partial charge is 0.290 e. The monoisotopic (exact) mass is 551 g/mol. The Labute approximate surface area is 226 Å². The summed E-state index contributed by atoms with van der Waals surface area (Å²) in [5.41, 5.74) is 2.16. The number of Topliss-reactive ketones (excluding diaryl/α,β-unsaturated/α-hetero) is 1. The first kappa shape index (κ1) is 25.6. The molecule has 5 rings (SSSR count). The lowest BCUT2D eigenvalue weighted by atomic mass is 9.93. The number of hydrogen-bond donors (Lipinski definition) is 0. The number of fused-ring (bicyclic) bond motifs is 1. The molecule has 0 aliphatic carbocycles. The van der Waals surface area contributed by atoms with E-state index in [0.29, 0.717) is 15.7 Å². The van der Waals surface area contributed by atoms with Crippen LogP contribution in [0.5, 0.6) is 0 Å². The predicted molar refractivity (Wildman–Crippen MR) is 149 cm³/mol. The van der Waals surface area contributed by atoms with Crippen LogP contribution in [-0.2, 0) is 21.3 Å². The maximum atomic E-state index is 14.4. The number of aromatic nitrogens is 2. The Kier molecular flexibility index (Phi) is 6.91. The minimum Gasteiger partial charge on any atom is -0.290 e. The van der Waals surface area contributed by atoms with Crippen LogP contribution in [0, 0.1) is 0 Å². The van der Waals surface area contributed by atoms with E-state index in [0.717, 1.165) is 23.4 Å². The van der Waals surface area contributed by atoms with Gasteiger partial charge in [0.2, 0.25) is 5.78 Å². The van der Waals surface area contributed by atoms with E-state index in [9.17, 15) is 13.2 Å². The third kappa shape index (κ3) is 4.27. The topological polar surface area (TPSA) is 72.3 Å². The highest BCUT2D eigenvalue weighted by Gasteiger charge is 2.58. The van der Waals surface area contributed by atoms with Gasteiger partial charge in [0.25, 0.3) is 10.0 Å². The standard InChI is InChI=1S/C28H26ClN3O3S2/c1-3-18-36-27-30-26-24(32(27)23-12-8-5-9-13-23)25(33)28(2,21-14-16-22(29)17-15-21)37(34,35)31(26)19-20-10-6-4-7-11-20/h4-17H,3,18-19H2,1-2H3. The fourth-order valence-electron chi connectivity index (χ4n) is 4.51. The van der Waals surface area contributed by atoms with Crippen molar-refractivity contribution in [3.63, 3.8) is 0 Å². The molecule has 0 fully saturated rings. The minimum atomic E-state index is -4.24. The molecule has 0 saturated carbocycles. The Bertz CT molecular complexity index is 1540. The van der Waals surface area contributed by atoms with Crippen LogP contribution < -0.4 is 4.31 Å². The van der Waals surface area contributed by atoms with Crippen molar-refractivity contribution >= 4 is 45.0 Å². The average Bonchev–Trinajstić information content (AvgIpc) is 3.29. The Morgan fingerprint density at radius 1 is 0.946 bits per heavy atom. The summed E-state index contributed by atoms with van der Waals surface area (Å²) >= 11 is 7.62. The molecule has 0 bridgehead atoms. The number of rotatable bonds is 7. The zero-order valence-corrected chi connectivity index (χ0v) is 22.9. The maximum Gasteiger partial charge on any atom is 0.254 e. The molecule has 190 valence electrons. The first-order valence-electron chi connectivity index (χ1n) is 12.0. The van der Waals surface area contributed by atoms with E-state index in [1.165, 1.54) is 23.0 Å². The molecule has 3 aromatic carbocycles. The molecule has 4 aromatic rings. The molecule has 1 aromatic heterocycles. The van der Waals surface area contributed by atoms with Gasteiger partial charge in [-0.1, -0.05) is 91.0 Å². The van der Waals surface area contributed by atoms with E-state index in [2.05, 4.69) is 6.92 Å². The van der Waals surface area contributed by atoms with Gasteiger partial charge in [0.05, 0.1) is 6.54 Å². The van der Waals surface area contributed by atoms with Crippen LogP contribution in [0.1, 0.15) is 41.9 Å². The van der Waals surface area contributed by atoms with E-state index >= 15 is 0 Å². The quantitative estimate of drug-likeness (QED) is 0.246. The van der Waals surface area contributed by atoms with Gasteiger partial charge in [0.15, 0.2) is 15.7 Å². The highest BCUT2D eigenvalue weighted by Crippen LogP contribution is 2.47. The summed E-state index contributed by atoms with van der Waals surface area (Å²) in [6.45, 7) is 3.60. The predicted octanol–water partition coefficient (Wildman–Crippen LogP) is 6.48. The molecule has 9 heteroatoms. The molecule has 0 spiro atoms. The fraction of sp³-hybridized carbons (Fsp3) is 0.214. The van der Waals surface area contributed by atoms with Crippen molar-refractivity contribution in [2.24, 2.45) is 0 Å². The molecule has 37 heavy (non-hydrogen) atoms. The van der Waals surface area contributed by atoms with E-state index in [1.54, 1.807) is 28.8 Å². The molecule has 6 nitrogen and oxygen atoms in total. The number of anilines is 1. The van der Waals surface area contributed by atoms with Gasteiger partial charge in [-0.15, -0.1) is 0 Å². The van der Waals surface area contributed by atoms with Crippen molar-refractivity contribution in [3.05, 3.63) is 107 Å². The van der Waals surface area contributed by atoms with Crippen molar-refractivity contribution in [3.8, 4) is 5.69 Å². The summed E-state index contributed by atoms with van der Waals surface area (Å²) in [4.78, 5) is 19.2. The van der Waals surface area contributed by atoms with Crippen LogP contribution in [-0.4, -0.2) is 29.5 Å². The van der Waals surface area contributed by atoms with Gasteiger partial charge in [0, 0.05) is 16.5 Å². The van der Waals surface area contributed by atoms with Crippen molar-refractivity contribution in [1.29, 1.82) is 0 Å². The molecular weight excluding hydrogens is 526 g/mol. The number of hydrogen-bond acceptors (Lipinski definition) is 5. The summed E-state index contributed by atoms with van der Waals surface area (Å²) in [5, 5.41) is 1.04. The molecule has 2 heterocycles. The summed E-state index contributed by atoms with van der Waals surface area (Å²) in [5.74, 6) is 0.410. The van der Waals surface area contributed by atoms with Crippen molar-refractivity contribution < 1.29 is 13.2 Å². The number of benzene rings is 3. The van der Waals surface area contributed by atoms with E-state index in [-0.39, 0.29) is 18.1 Å². The SMILES string of the molecule is CCCSc1nc2c(n1-c1ccccc1)C(=O)C(C)(c1ccc(Cl)cc1)S(=O)(=O)N2Cc1ccccc1. The Morgan fingerprint density at radius 2 is 1.57 bits per heavy atom. The Balaban J connectivity index is 1.81. The lowest BCUT2D eigenvalue weighted by molar-refractivity contribution is 0.0935. The van der Waals surface area contributed by atoms with E-state index < -0.39 is 20.6 Å². The third-order valence-electron chi connectivity index (χ3n) is 6.53. The van der Waals surface area contributed by atoms with Crippen LogP contribution >= 0.6 is 23.4 Å². The van der Waals surface area contributed by atoms with Crippen LogP contribution in [0.15, 0.2) is 90.1 Å². The lowest BCUT2D eigenvalue weighted by Crippen LogP contribution is -2.54. The molecule has 1 aliphatic heterocycles. The van der Waals surface area contributed by atoms with Gasteiger partial charge in [-0.3, -0.25) is 9.36 Å². The number of sulfonamides is 1. The highest BCUT2D eigenvalue weighted by atomic mass is 35.5. The zero-order valence-electron chi connectivity index (χ0n) is 20.5. The van der Waals surface area contributed by atoms with Gasteiger partial charge < -0.3 is 0 Å².